The van der Waals surface area contributed by atoms with Crippen LogP contribution in [0.25, 0.3) is 0 Å². The van der Waals surface area contributed by atoms with Crippen molar-refractivity contribution in [2.24, 2.45) is 0 Å². The molecule has 0 saturated carbocycles. The van der Waals surface area contributed by atoms with Crippen LogP contribution in [-0.2, 0) is 22.6 Å². The van der Waals surface area contributed by atoms with Crippen LogP contribution < -0.4 is 15.5 Å². The topological polar surface area (TPSA) is 97.2 Å². The van der Waals surface area contributed by atoms with Gasteiger partial charge in [-0.25, -0.2) is 9.37 Å². The van der Waals surface area contributed by atoms with Crippen LogP contribution in [0, 0.1) is 12.7 Å². The van der Waals surface area contributed by atoms with Gasteiger partial charge in [0.05, 0.1) is 24.5 Å². The Morgan fingerprint density at radius 2 is 2.00 bits per heavy atom. The monoisotopic (exact) mass is 439 g/mol. The summed E-state index contributed by atoms with van der Waals surface area (Å²) in [6.07, 6.45) is 3.39. The average Bonchev–Trinajstić information content (AvgIpc) is 3.22. The van der Waals surface area contributed by atoms with E-state index in [0.29, 0.717) is 36.2 Å². The van der Waals surface area contributed by atoms with Gasteiger partial charge in [0.2, 0.25) is 11.9 Å². The summed E-state index contributed by atoms with van der Waals surface area (Å²) in [6.45, 7) is 4.72. The number of halogens is 1. The van der Waals surface area contributed by atoms with Gasteiger partial charge in [-0.3, -0.25) is 9.48 Å². The highest BCUT2D eigenvalue weighted by Gasteiger charge is 2.37. The number of benzene rings is 1. The van der Waals surface area contributed by atoms with Gasteiger partial charge in [-0.2, -0.15) is 10.1 Å². The minimum atomic E-state index is -0.487. The molecule has 3 heterocycles. The van der Waals surface area contributed by atoms with Crippen molar-refractivity contribution in [2.45, 2.75) is 39.1 Å². The number of ether oxygens (including phenoxy) is 1. The van der Waals surface area contributed by atoms with Crippen molar-refractivity contribution in [3.05, 3.63) is 59.3 Å². The van der Waals surface area contributed by atoms with Crippen molar-refractivity contribution in [3.8, 4) is 0 Å². The highest BCUT2D eigenvalue weighted by atomic mass is 19.1. The van der Waals surface area contributed by atoms with E-state index in [9.17, 15) is 9.18 Å². The predicted octanol–water partition coefficient (Wildman–Crippen LogP) is 2.57. The van der Waals surface area contributed by atoms with Gasteiger partial charge in [0.1, 0.15) is 17.5 Å². The summed E-state index contributed by atoms with van der Waals surface area (Å²) < 4.78 is 20.2. The van der Waals surface area contributed by atoms with Crippen molar-refractivity contribution >= 4 is 23.4 Å². The first-order valence-electron chi connectivity index (χ1n) is 10.3. The van der Waals surface area contributed by atoms with E-state index < -0.39 is 6.04 Å². The van der Waals surface area contributed by atoms with Gasteiger partial charge >= 0.3 is 0 Å². The van der Waals surface area contributed by atoms with Crippen LogP contribution in [0.5, 0.6) is 0 Å². The number of methoxy groups -OCH3 is 1. The third-order valence-electron chi connectivity index (χ3n) is 5.55. The Hall–Kier alpha value is -3.53. The molecule has 2 aromatic heterocycles. The normalized spacial score (nSPS) is 16.5. The molecule has 2 atom stereocenters. The van der Waals surface area contributed by atoms with E-state index >= 15 is 0 Å². The Bertz CT molecular complexity index is 1120. The lowest BCUT2D eigenvalue weighted by Crippen LogP contribution is -2.53. The number of rotatable bonds is 7. The zero-order valence-electron chi connectivity index (χ0n) is 18.5. The summed E-state index contributed by atoms with van der Waals surface area (Å²) in [5.41, 5.74) is 3.20. The van der Waals surface area contributed by atoms with Crippen molar-refractivity contribution in [1.82, 2.24) is 19.7 Å². The van der Waals surface area contributed by atoms with Crippen molar-refractivity contribution in [2.75, 3.05) is 29.7 Å². The molecular formula is C22H26FN7O2. The van der Waals surface area contributed by atoms with E-state index in [-0.39, 0.29) is 17.8 Å². The molecule has 1 aromatic carbocycles. The first-order chi connectivity index (χ1) is 15.4. The van der Waals surface area contributed by atoms with Gasteiger partial charge in [0, 0.05) is 32.5 Å². The zero-order chi connectivity index (χ0) is 22.8. The molecule has 1 aliphatic rings. The number of aryl methyl sites for hydroxylation is 1. The highest BCUT2D eigenvalue weighted by Crippen LogP contribution is 2.33. The summed E-state index contributed by atoms with van der Waals surface area (Å²) in [4.78, 5) is 23.5. The highest BCUT2D eigenvalue weighted by molar-refractivity contribution is 6.03. The Morgan fingerprint density at radius 1 is 1.25 bits per heavy atom. The molecule has 0 saturated heterocycles. The molecule has 2 N–H and O–H groups in total. The van der Waals surface area contributed by atoms with Gasteiger partial charge in [-0.1, -0.05) is 12.1 Å². The van der Waals surface area contributed by atoms with Crippen molar-refractivity contribution < 1.29 is 13.9 Å². The van der Waals surface area contributed by atoms with Crippen LogP contribution in [-0.4, -0.2) is 52.0 Å². The lowest BCUT2D eigenvalue weighted by atomic mass is 10.1. The molecule has 0 fully saturated rings. The molecule has 0 unspecified atom stereocenters. The van der Waals surface area contributed by atoms with Crippen molar-refractivity contribution in [3.63, 3.8) is 0 Å². The predicted molar refractivity (Wildman–Crippen MR) is 119 cm³/mol. The summed E-state index contributed by atoms with van der Waals surface area (Å²) in [5, 5.41) is 10.5. The maximum atomic E-state index is 13.1. The van der Waals surface area contributed by atoms with E-state index in [0.717, 1.165) is 11.1 Å². The number of fused-ring (bicyclic) bond motifs is 1. The van der Waals surface area contributed by atoms with Crippen LogP contribution in [0.1, 0.15) is 23.7 Å². The molecule has 4 rings (SSSR count). The van der Waals surface area contributed by atoms with Gasteiger partial charge in [-0.15, -0.1) is 0 Å². The number of anilines is 3. The number of hydrogen-bond acceptors (Lipinski definition) is 7. The van der Waals surface area contributed by atoms with E-state index in [1.165, 1.54) is 12.1 Å². The Balaban J connectivity index is 1.46. The van der Waals surface area contributed by atoms with Crippen LogP contribution in [0.2, 0.25) is 0 Å². The molecule has 1 amide bonds. The number of carbonyl (C=O) groups is 1. The van der Waals surface area contributed by atoms with Gasteiger partial charge in [-0.05, 0) is 31.5 Å². The minimum Gasteiger partial charge on any atom is -0.379 e. The van der Waals surface area contributed by atoms with Gasteiger partial charge in [0.15, 0.2) is 5.82 Å². The second kappa shape index (κ2) is 8.91. The maximum absolute atomic E-state index is 13.1. The summed E-state index contributed by atoms with van der Waals surface area (Å²) in [7, 11) is 3.41. The van der Waals surface area contributed by atoms with E-state index in [4.69, 9.17) is 4.74 Å². The number of nitrogens with one attached hydrogen (secondary N) is 2. The van der Waals surface area contributed by atoms with Gasteiger partial charge in [0.25, 0.3) is 0 Å². The smallest absolute Gasteiger partial charge is 0.249 e. The summed E-state index contributed by atoms with van der Waals surface area (Å²) >= 11 is 0. The molecular weight excluding hydrogens is 413 g/mol. The third-order valence-corrected chi connectivity index (χ3v) is 5.55. The summed E-state index contributed by atoms with van der Waals surface area (Å²) in [6, 6.07) is 5.87. The first-order valence-corrected chi connectivity index (χ1v) is 10.3. The average molecular weight is 439 g/mol. The Labute approximate surface area is 185 Å². The lowest BCUT2D eigenvalue weighted by Gasteiger charge is -2.37. The van der Waals surface area contributed by atoms with Crippen LogP contribution in [0.3, 0.4) is 0 Å². The number of likely N-dealkylation sites (N-methyl/N-ethyl adjacent to an activating group) is 1. The lowest BCUT2D eigenvalue weighted by molar-refractivity contribution is -0.120. The standard InChI is InChI=1S/C22H26FN7O2/c1-13-18-20(29(3)19(14(2)32-4)21(31)27-18)28-22(26-13)24-9-16-10-25-30(12-16)11-15-5-7-17(23)8-6-15/h5-8,10,12,14,19H,9,11H2,1-4H3,(H,27,31)(H,24,26,28)/t14-,19+/m1/s1. The number of aromatic nitrogens is 4. The van der Waals surface area contributed by atoms with E-state index in [2.05, 4.69) is 25.7 Å². The summed E-state index contributed by atoms with van der Waals surface area (Å²) in [5.74, 6) is 0.697. The van der Waals surface area contributed by atoms with Crippen LogP contribution in [0.4, 0.5) is 21.8 Å². The molecule has 0 spiro atoms. The fraction of sp³-hybridized carbons (Fsp3) is 0.364. The number of carbonyl (C=O) groups excluding carboxylic acids is 1. The quantitative estimate of drug-likeness (QED) is 0.584. The van der Waals surface area contributed by atoms with Crippen LogP contribution >= 0.6 is 0 Å². The molecule has 10 heteroatoms. The Kier molecular flexibility index (Phi) is 6.04. The SMILES string of the molecule is CO[C@H](C)[C@H]1C(=O)Nc2c(C)nc(NCc3cnn(Cc4ccc(F)cc4)c3)nc2N1C. The molecule has 0 aliphatic carbocycles. The van der Waals surface area contributed by atoms with E-state index in [1.54, 1.807) is 30.1 Å². The largest absolute Gasteiger partial charge is 0.379 e. The Morgan fingerprint density at radius 3 is 2.72 bits per heavy atom. The number of nitrogens with zero attached hydrogens (tertiary/aromatic N) is 5. The number of amides is 1. The van der Waals surface area contributed by atoms with E-state index in [1.807, 2.05) is 32.0 Å². The van der Waals surface area contributed by atoms with Gasteiger partial charge < -0.3 is 20.3 Å². The fourth-order valence-electron chi connectivity index (χ4n) is 3.74. The molecule has 0 bridgehead atoms. The molecule has 3 aromatic rings. The van der Waals surface area contributed by atoms with Crippen LogP contribution in [0.15, 0.2) is 36.7 Å². The molecule has 168 valence electrons. The second-order valence-electron chi connectivity index (χ2n) is 7.84. The fourth-order valence-corrected chi connectivity index (χ4v) is 3.74. The van der Waals surface area contributed by atoms with Crippen molar-refractivity contribution in [1.29, 1.82) is 0 Å². The second-order valence-corrected chi connectivity index (χ2v) is 7.84. The third kappa shape index (κ3) is 4.40. The molecule has 9 nitrogen and oxygen atoms in total. The molecule has 32 heavy (non-hydrogen) atoms. The number of hydrogen-bond donors (Lipinski definition) is 2. The molecule has 0 radical (unpaired) electrons. The molecule has 1 aliphatic heterocycles. The maximum Gasteiger partial charge on any atom is 0.249 e. The minimum absolute atomic E-state index is 0.143. The zero-order valence-corrected chi connectivity index (χ0v) is 18.5. The first kappa shape index (κ1) is 21.7.